The molecule has 12 nitrogen and oxygen atoms in total. The Kier molecular flexibility index (Phi) is 13.8. The molecule has 0 radical (unpaired) electrons. The molecule has 0 fully saturated rings. The minimum absolute atomic E-state index is 0.168. The molecule has 0 saturated carbocycles. The lowest BCUT2D eigenvalue weighted by atomic mass is 10.0. The molecule has 3 atom stereocenters. The summed E-state index contributed by atoms with van der Waals surface area (Å²) >= 11 is 0. The van der Waals surface area contributed by atoms with Crippen LogP contribution in [0.5, 0.6) is 0 Å². The van der Waals surface area contributed by atoms with Gasteiger partial charge < -0.3 is 37.8 Å². The first-order valence-electron chi connectivity index (χ1n) is 13.1. The molecule has 2 aromatic carbocycles. The van der Waals surface area contributed by atoms with Gasteiger partial charge in [-0.15, -0.1) is 0 Å². The van der Waals surface area contributed by atoms with E-state index in [-0.39, 0.29) is 19.3 Å². The Morgan fingerprint density at radius 3 is 1.85 bits per heavy atom. The largest absolute Gasteiger partial charge is 0.480 e. The summed E-state index contributed by atoms with van der Waals surface area (Å²) in [6.45, 7) is -0.505. The number of carboxylic acid groups (broad SMARTS) is 1. The lowest BCUT2D eigenvalue weighted by Crippen LogP contribution is -2.54. The fraction of sp³-hybridized carbons (Fsp3) is 0.393. The Bertz CT molecular complexity index is 1110. The van der Waals surface area contributed by atoms with Gasteiger partial charge in [0, 0.05) is 6.42 Å². The number of carbonyl (C=O) groups excluding carboxylic acids is 4. The van der Waals surface area contributed by atoms with E-state index < -0.39 is 60.8 Å². The van der Waals surface area contributed by atoms with Gasteiger partial charge in [0.05, 0.1) is 19.1 Å². The third-order valence-corrected chi connectivity index (χ3v) is 6.00. The first-order chi connectivity index (χ1) is 19.2. The number of amides is 4. The fourth-order valence-corrected chi connectivity index (χ4v) is 3.83. The van der Waals surface area contributed by atoms with Gasteiger partial charge in [-0.3, -0.25) is 19.2 Å². The first kappa shape index (κ1) is 31.9. The molecule has 0 aromatic heterocycles. The number of unbranched alkanes of at least 4 members (excludes halogenated alkanes) is 1. The topological polar surface area (TPSA) is 206 Å². The van der Waals surface area contributed by atoms with Crippen molar-refractivity contribution in [2.45, 2.75) is 50.2 Å². The van der Waals surface area contributed by atoms with Gasteiger partial charge in [-0.1, -0.05) is 60.7 Å². The summed E-state index contributed by atoms with van der Waals surface area (Å²) in [6.07, 6.45) is 1.82. The number of rotatable bonds is 17. The summed E-state index contributed by atoms with van der Waals surface area (Å²) in [5.41, 5.74) is 13.2. The molecule has 4 amide bonds. The molecular formula is C28H38N6O6. The highest BCUT2D eigenvalue weighted by Crippen LogP contribution is 2.06. The third-order valence-electron chi connectivity index (χ3n) is 6.00. The van der Waals surface area contributed by atoms with Crippen LogP contribution in [0.3, 0.4) is 0 Å². The van der Waals surface area contributed by atoms with Crippen molar-refractivity contribution in [3.05, 3.63) is 71.8 Å². The van der Waals surface area contributed by atoms with Crippen LogP contribution in [-0.4, -0.2) is 72.5 Å². The molecule has 0 unspecified atom stereocenters. The first-order valence-corrected chi connectivity index (χ1v) is 13.1. The second-order valence-electron chi connectivity index (χ2n) is 9.28. The number of hydrogen-bond donors (Lipinski definition) is 7. The van der Waals surface area contributed by atoms with Crippen molar-refractivity contribution in [3.63, 3.8) is 0 Å². The maximum atomic E-state index is 13.0. The standard InChI is InChI=1S/C28H38N6O6/c29-14-8-7-13-22(28(39)40)33-25(36)18-31-24(35)17-32-27(38)23(16-20-11-5-2-6-12-20)34-26(37)21(30)15-19-9-3-1-4-10-19/h1-6,9-12,21-23H,7-8,13-18,29-30H2,(H,31,35)(H,32,38)(H,33,36)(H,34,37)(H,39,40)/t21-,22-,23-/m0/s1. The highest BCUT2D eigenvalue weighted by Gasteiger charge is 2.25. The smallest absolute Gasteiger partial charge is 0.326 e. The van der Waals surface area contributed by atoms with E-state index in [0.717, 1.165) is 11.1 Å². The molecular weight excluding hydrogens is 516 g/mol. The molecule has 40 heavy (non-hydrogen) atoms. The molecule has 0 bridgehead atoms. The minimum atomic E-state index is -1.18. The van der Waals surface area contributed by atoms with E-state index in [4.69, 9.17) is 11.5 Å². The van der Waals surface area contributed by atoms with E-state index in [1.165, 1.54) is 0 Å². The van der Waals surface area contributed by atoms with Gasteiger partial charge in [-0.25, -0.2) is 4.79 Å². The van der Waals surface area contributed by atoms with Crippen molar-refractivity contribution in [2.24, 2.45) is 11.5 Å². The zero-order chi connectivity index (χ0) is 29.3. The van der Waals surface area contributed by atoms with Gasteiger partial charge >= 0.3 is 5.97 Å². The quantitative estimate of drug-likeness (QED) is 0.123. The Hall–Kier alpha value is -4.29. The van der Waals surface area contributed by atoms with Crippen molar-refractivity contribution < 1.29 is 29.1 Å². The maximum absolute atomic E-state index is 13.0. The predicted molar refractivity (Wildman–Crippen MR) is 149 cm³/mol. The van der Waals surface area contributed by atoms with Gasteiger partial charge in [-0.05, 0) is 43.4 Å². The average molecular weight is 555 g/mol. The van der Waals surface area contributed by atoms with E-state index in [1.54, 1.807) is 12.1 Å². The SMILES string of the molecule is NCCCC[C@H](NC(=O)CNC(=O)CNC(=O)[C@H](Cc1ccccc1)NC(=O)[C@@H](N)Cc1ccccc1)C(=O)O. The van der Waals surface area contributed by atoms with Crippen molar-refractivity contribution in [3.8, 4) is 0 Å². The van der Waals surface area contributed by atoms with Crippen LogP contribution in [0.1, 0.15) is 30.4 Å². The molecule has 9 N–H and O–H groups in total. The van der Waals surface area contributed by atoms with Gasteiger partial charge in [0.1, 0.15) is 12.1 Å². The minimum Gasteiger partial charge on any atom is -0.480 e. The van der Waals surface area contributed by atoms with Crippen LogP contribution in [0.4, 0.5) is 0 Å². The summed E-state index contributed by atoms with van der Waals surface area (Å²) in [7, 11) is 0. The van der Waals surface area contributed by atoms with Crippen molar-refractivity contribution in [2.75, 3.05) is 19.6 Å². The van der Waals surface area contributed by atoms with Crippen molar-refractivity contribution >= 4 is 29.6 Å². The van der Waals surface area contributed by atoms with E-state index >= 15 is 0 Å². The zero-order valence-electron chi connectivity index (χ0n) is 22.3. The number of nitrogens with two attached hydrogens (primary N) is 2. The van der Waals surface area contributed by atoms with Gasteiger partial charge in [0.2, 0.25) is 23.6 Å². The molecule has 0 spiro atoms. The van der Waals surface area contributed by atoms with Crippen molar-refractivity contribution in [1.29, 1.82) is 0 Å². The number of carbonyl (C=O) groups is 5. The lowest BCUT2D eigenvalue weighted by Gasteiger charge is -2.21. The lowest BCUT2D eigenvalue weighted by molar-refractivity contribution is -0.142. The molecule has 0 aliphatic carbocycles. The Balaban J connectivity index is 1.89. The maximum Gasteiger partial charge on any atom is 0.326 e. The van der Waals surface area contributed by atoms with Crippen LogP contribution in [0.15, 0.2) is 60.7 Å². The molecule has 216 valence electrons. The summed E-state index contributed by atoms with van der Waals surface area (Å²) < 4.78 is 0. The molecule has 2 rings (SSSR count). The number of hydrogen-bond acceptors (Lipinski definition) is 7. The molecule has 0 saturated heterocycles. The second-order valence-corrected chi connectivity index (χ2v) is 9.28. The fourth-order valence-electron chi connectivity index (χ4n) is 3.83. The van der Waals surface area contributed by atoms with E-state index in [9.17, 15) is 29.1 Å². The summed E-state index contributed by atoms with van der Waals surface area (Å²) in [4.78, 5) is 61.4. The molecule has 0 aliphatic heterocycles. The number of carboxylic acids is 1. The summed E-state index contributed by atoms with van der Waals surface area (Å²) in [6, 6.07) is 15.3. The van der Waals surface area contributed by atoms with E-state index in [1.807, 2.05) is 48.5 Å². The van der Waals surface area contributed by atoms with E-state index in [2.05, 4.69) is 21.3 Å². The van der Waals surface area contributed by atoms with Crippen molar-refractivity contribution in [1.82, 2.24) is 21.3 Å². The summed E-state index contributed by atoms with van der Waals surface area (Å²) in [5, 5.41) is 19.1. The number of aliphatic carboxylic acids is 1. The zero-order valence-corrected chi connectivity index (χ0v) is 22.3. The van der Waals surface area contributed by atoms with Crippen LogP contribution in [0.2, 0.25) is 0 Å². The number of benzene rings is 2. The predicted octanol–water partition coefficient (Wildman–Crippen LogP) is -0.785. The Labute approximate surface area is 233 Å². The van der Waals surface area contributed by atoms with Crippen LogP contribution in [0.25, 0.3) is 0 Å². The Morgan fingerprint density at radius 2 is 1.27 bits per heavy atom. The van der Waals surface area contributed by atoms with Crippen LogP contribution >= 0.6 is 0 Å². The molecule has 2 aromatic rings. The number of nitrogens with one attached hydrogen (secondary N) is 4. The molecule has 0 aliphatic rings. The normalized spacial score (nSPS) is 12.8. The van der Waals surface area contributed by atoms with Gasteiger partial charge in [0.25, 0.3) is 0 Å². The summed E-state index contributed by atoms with van der Waals surface area (Å²) in [5.74, 6) is -3.64. The average Bonchev–Trinajstić information content (AvgIpc) is 2.94. The van der Waals surface area contributed by atoms with Crippen LogP contribution < -0.4 is 32.7 Å². The molecule has 0 heterocycles. The van der Waals surface area contributed by atoms with Crippen LogP contribution in [-0.2, 0) is 36.8 Å². The molecule has 12 heteroatoms. The monoisotopic (exact) mass is 554 g/mol. The second kappa shape index (κ2) is 17.3. The van der Waals surface area contributed by atoms with E-state index in [0.29, 0.717) is 19.4 Å². The highest BCUT2D eigenvalue weighted by atomic mass is 16.4. The van der Waals surface area contributed by atoms with Crippen LogP contribution in [0, 0.1) is 0 Å². The highest BCUT2D eigenvalue weighted by molar-refractivity contribution is 5.93. The van der Waals surface area contributed by atoms with Gasteiger partial charge in [-0.2, -0.15) is 0 Å². The third kappa shape index (κ3) is 12.0. The van der Waals surface area contributed by atoms with Gasteiger partial charge in [0.15, 0.2) is 0 Å². The Morgan fingerprint density at radius 1 is 0.700 bits per heavy atom.